The van der Waals surface area contributed by atoms with Gasteiger partial charge < -0.3 is 0 Å². The van der Waals surface area contributed by atoms with Gasteiger partial charge in [0.15, 0.2) is 0 Å². The largest absolute Gasteiger partial charge is 0.297 e. The van der Waals surface area contributed by atoms with E-state index in [0.29, 0.717) is 11.0 Å². The van der Waals surface area contributed by atoms with Gasteiger partial charge in [0.05, 0.1) is 0 Å². The molecule has 1 fully saturated rings. The van der Waals surface area contributed by atoms with Crippen LogP contribution in [0.1, 0.15) is 34.6 Å². The van der Waals surface area contributed by atoms with Crippen LogP contribution in [-0.4, -0.2) is 23.5 Å². The Labute approximate surface area is 64.4 Å². The van der Waals surface area contributed by atoms with Crippen LogP contribution in [0, 0.1) is 5.41 Å². The van der Waals surface area contributed by atoms with Crippen molar-refractivity contribution in [1.29, 1.82) is 0 Å². The van der Waals surface area contributed by atoms with Gasteiger partial charge in [-0.05, 0) is 26.2 Å². The first-order valence-corrected chi connectivity index (χ1v) is 4.06. The minimum absolute atomic E-state index is 0.384. The predicted molar refractivity (Wildman–Crippen MR) is 45.1 cm³/mol. The van der Waals surface area contributed by atoms with Gasteiger partial charge in [0.1, 0.15) is 0 Å². The molecule has 0 aromatic heterocycles. The fourth-order valence-corrected chi connectivity index (χ4v) is 1.46. The average Bonchev–Trinajstić information content (AvgIpc) is 1.56. The molecule has 0 radical (unpaired) electrons. The van der Waals surface area contributed by atoms with Crippen molar-refractivity contribution in [2.45, 2.75) is 40.2 Å². The van der Waals surface area contributed by atoms with E-state index in [0.717, 1.165) is 0 Å². The first kappa shape index (κ1) is 8.06. The van der Waals surface area contributed by atoms with Crippen LogP contribution in [0.4, 0.5) is 0 Å². The van der Waals surface area contributed by atoms with Gasteiger partial charge in [0.25, 0.3) is 0 Å². The molecule has 1 heteroatoms. The van der Waals surface area contributed by atoms with Crippen molar-refractivity contribution in [2.75, 3.05) is 13.1 Å². The lowest BCUT2D eigenvalue weighted by molar-refractivity contribution is -0.0366. The van der Waals surface area contributed by atoms with Gasteiger partial charge in [-0.25, -0.2) is 0 Å². The summed E-state index contributed by atoms with van der Waals surface area (Å²) >= 11 is 0. The van der Waals surface area contributed by atoms with Crippen molar-refractivity contribution in [1.82, 2.24) is 4.90 Å². The summed E-state index contributed by atoms with van der Waals surface area (Å²) in [4.78, 5) is 2.52. The normalized spacial score (nSPS) is 26.1. The second-order valence-corrected chi connectivity index (χ2v) is 5.19. The Morgan fingerprint density at radius 2 is 1.50 bits per heavy atom. The van der Waals surface area contributed by atoms with Crippen LogP contribution >= 0.6 is 0 Å². The van der Waals surface area contributed by atoms with Crippen LogP contribution in [0.3, 0.4) is 0 Å². The zero-order valence-corrected chi connectivity index (χ0v) is 7.86. The van der Waals surface area contributed by atoms with Gasteiger partial charge in [-0.15, -0.1) is 0 Å². The summed E-state index contributed by atoms with van der Waals surface area (Å²) in [6.45, 7) is 14.0. The number of likely N-dealkylation sites (tertiary alicyclic amines) is 1. The molecular formula is C9H19N. The Morgan fingerprint density at radius 1 is 1.10 bits per heavy atom. The summed E-state index contributed by atoms with van der Waals surface area (Å²) in [5.74, 6) is 0. The van der Waals surface area contributed by atoms with E-state index in [1.165, 1.54) is 13.1 Å². The van der Waals surface area contributed by atoms with Crippen molar-refractivity contribution < 1.29 is 0 Å². The quantitative estimate of drug-likeness (QED) is 0.499. The molecule has 1 aliphatic heterocycles. The van der Waals surface area contributed by atoms with Crippen molar-refractivity contribution in [2.24, 2.45) is 5.41 Å². The second kappa shape index (κ2) is 1.97. The SMILES string of the molecule is CC1(C)CN(C(C)(C)C)C1. The standard InChI is InChI=1S/C9H19N/c1-8(2,3)10-6-9(4,5)7-10/h6-7H2,1-5H3. The van der Waals surface area contributed by atoms with E-state index in [1.807, 2.05) is 0 Å². The Morgan fingerprint density at radius 3 is 1.60 bits per heavy atom. The topological polar surface area (TPSA) is 3.24 Å². The van der Waals surface area contributed by atoms with E-state index in [4.69, 9.17) is 0 Å². The lowest BCUT2D eigenvalue weighted by Crippen LogP contribution is -2.60. The highest BCUT2D eigenvalue weighted by molar-refractivity contribution is 4.93. The van der Waals surface area contributed by atoms with Crippen LogP contribution in [-0.2, 0) is 0 Å². The maximum atomic E-state index is 2.52. The Balaban J connectivity index is 2.40. The summed E-state index contributed by atoms with van der Waals surface area (Å²) in [5.41, 5.74) is 0.961. The fourth-order valence-electron chi connectivity index (χ4n) is 1.46. The Kier molecular flexibility index (Phi) is 1.59. The zero-order chi connectivity index (χ0) is 7.99. The Hall–Kier alpha value is -0.0400. The number of hydrogen-bond donors (Lipinski definition) is 0. The summed E-state index contributed by atoms with van der Waals surface area (Å²) in [6.07, 6.45) is 0. The summed E-state index contributed by atoms with van der Waals surface area (Å²) in [5, 5.41) is 0. The fraction of sp³-hybridized carbons (Fsp3) is 1.00. The van der Waals surface area contributed by atoms with Crippen molar-refractivity contribution in [3.63, 3.8) is 0 Å². The zero-order valence-electron chi connectivity index (χ0n) is 7.86. The highest BCUT2D eigenvalue weighted by Crippen LogP contribution is 2.33. The number of nitrogens with zero attached hydrogens (tertiary/aromatic N) is 1. The smallest absolute Gasteiger partial charge is 0.0125 e. The summed E-state index contributed by atoms with van der Waals surface area (Å²) in [7, 11) is 0. The van der Waals surface area contributed by atoms with Crippen LogP contribution in [0.2, 0.25) is 0 Å². The minimum Gasteiger partial charge on any atom is -0.297 e. The number of hydrogen-bond acceptors (Lipinski definition) is 1. The molecular weight excluding hydrogens is 122 g/mol. The average molecular weight is 141 g/mol. The molecule has 0 bridgehead atoms. The molecule has 0 N–H and O–H groups in total. The van der Waals surface area contributed by atoms with E-state index in [-0.39, 0.29) is 0 Å². The molecule has 10 heavy (non-hydrogen) atoms. The monoisotopic (exact) mass is 141 g/mol. The molecule has 0 unspecified atom stereocenters. The first-order chi connectivity index (χ1) is 4.31. The molecule has 1 rings (SSSR count). The van der Waals surface area contributed by atoms with Gasteiger partial charge >= 0.3 is 0 Å². The van der Waals surface area contributed by atoms with Crippen molar-refractivity contribution in [3.8, 4) is 0 Å². The van der Waals surface area contributed by atoms with Crippen LogP contribution < -0.4 is 0 Å². The maximum Gasteiger partial charge on any atom is 0.0125 e. The van der Waals surface area contributed by atoms with Crippen molar-refractivity contribution >= 4 is 0 Å². The van der Waals surface area contributed by atoms with E-state index in [9.17, 15) is 0 Å². The summed E-state index contributed by atoms with van der Waals surface area (Å²) in [6, 6.07) is 0. The van der Waals surface area contributed by atoms with E-state index < -0.39 is 0 Å². The van der Waals surface area contributed by atoms with Crippen LogP contribution in [0.25, 0.3) is 0 Å². The Bertz CT molecular complexity index is 122. The first-order valence-electron chi connectivity index (χ1n) is 4.06. The van der Waals surface area contributed by atoms with E-state index in [1.54, 1.807) is 0 Å². The lowest BCUT2D eigenvalue weighted by Gasteiger charge is -2.52. The third kappa shape index (κ3) is 1.51. The van der Waals surface area contributed by atoms with Gasteiger partial charge in [-0.2, -0.15) is 0 Å². The molecule has 1 aliphatic rings. The van der Waals surface area contributed by atoms with E-state index in [2.05, 4.69) is 39.5 Å². The van der Waals surface area contributed by atoms with Gasteiger partial charge in [-0.3, -0.25) is 4.90 Å². The number of rotatable bonds is 0. The third-order valence-corrected chi connectivity index (χ3v) is 2.19. The van der Waals surface area contributed by atoms with Gasteiger partial charge in [0.2, 0.25) is 0 Å². The molecule has 1 heterocycles. The molecule has 0 atom stereocenters. The summed E-state index contributed by atoms with van der Waals surface area (Å²) < 4.78 is 0. The molecule has 0 spiro atoms. The maximum absolute atomic E-state index is 2.52. The van der Waals surface area contributed by atoms with Crippen molar-refractivity contribution in [3.05, 3.63) is 0 Å². The molecule has 1 saturated heterocycles. The van der Waals surface area contributed by atoms with Crippen LogP contribution in [0.15, 0.2) is 0 Å². The molecule has 0 amide bonds. The molecule has 1 nitrogen and oxygen atoms in total. The highest BCUT2D eigenvalue weighted by Gasteiger charge is 2.39. The van der Waals surface area contributed by atoms with Gasteiger partial charge in [-0.1, -0.05) is 13.8 Å². The van der Waals surface area contributed by atoms with Gasteiger partial charge in [0, 0.05) is 18.6 Å². The van der Waals surface area contributed by atoms with Crippen LogP contribution in [0.5, 0.6) is 0 Å². The molecule has 0 aromatic carbocycles. The lowest BCUT2D eigenvalue weighted by atomic mass is 9.81. The van der Waals surface area contributed by atoms with E-state index >= 15 is 0 Å². The second-order valence-electron chi connectivity index (χ2n) is 5.19. The highest BCUT2D eigenvalue weighted by atomic mass is 15.3. The molecule has 0 aromatic rings. The molecule has 0 aliphatic carbocycles. The predicted octanol–water partition coefficient (Wildman–Crippen LogP) is 2.13. The molecule has 60 valence electrons. The molecule has 0 saturated carbocycles. The third-order valence-electron chi connectivity index (χ3n) is 2.19. The minimum atomic E-state index is 0.384.